The summed E-state index contributed by atoms with van der Waals surface area (Å²) in [5.41, 5.74) is 4.29. The number of amidine groups is 1. The SMILES string of the molecule is CCOC1(OCC)N=C(N)C2(C#N)C(c3ccc(OC)c(Br)c3)C12C#N. The van der Waals surface area contributed by atoms with Gasteiger partial charge in [-0.1, -0.05) is 6.07 Å². The Morgan fingerprint density at radius 3 is 2.35 bits per heavy atom. The van der Waals surface area contributed by atoms with Crippen molar-refractivity contribution in [3.63, 3.8) is 0 Å². The topological polar surface area (TPSA) is 114 Å². The van der Waals surface area contributed by atoms with Crippen LogP contribution in [0.3, 0.4) is 0 Å². The Kier molecular flexibility index (Phi) is 4.48. The van der Waals surface area contributed by atoms with Crippen LogP contribution in [-0.2, 0) is 9.47 Å². The molecule has 0 spiro atoms. The number of methoxy groups -OCH3 is 1. The minimum atomic E-state index is -1.60. The van der Waals surface area contributed by atoms with Gasteiger partial charge in [-0.15, -0.1) is 0 Å². The van der Waals surface area contributed by atoms with Crippen molar-refractivity contribution in [1.29, 1.82) is 10.5 Å². The predicted octanol–water partition coefficient (Wildman–Crippen LogP) is 2.67. The Morgan fingerprint density at radius 1 is 1.23 bits per heavy atom. The minimum Gasteiger partial charge on any atom is -0.496 e. The highest BCUT2D eigenvalue weighted by atomic mass is 79.9. The normalized spacial score (nSPS) is 30.7. The fourth-order valence-electron chi connectivity index (χ4n) is 4.11. The van der Waals surface area contributed by atoms with E-state index in [4.69, 9.17) is 19.9 Å². The van der Waals surface area contributed by atoms with Crippen LogP contribution in [0, 0.1) is 33.5 Å². The van der Waals surface area contributed by atoms with Crippen molar-refractivity contribution in [1.82, 2.24) is 0 Å². The van der Waals surface area contributed by atoms with E-state index in [0.717, 1.165) is 10.0 Å². The van der Waals surface area contributed by atoms with Gasteiger partial charge in [0.1, 0.15) is 17.0 Å². The van der Waals surface area contributed by atoms with Crippen LogP contribution in [-0.4, -0.2) is 32.1 Å². The molecule has 2 aliphatic rings. The zero-order valence-electron chi connectivity index (χ0n) is 14.7. The van der Waals surface area contributed by atoms with Gasteiger partial charge < -0.3 is 19.9 Å². The summed E-state index contributed by atoms with van der Waals surface area (Å²) in [6.45, 7) is 4.10. The third-order valence-corrected chi connectivity index (χ3v) is 5.74. The van der Waals surface area contributed by atoms with Crippen LogP contribution in [0.5, 0.6) is 5.75 Å². The molecule has 1 aliphatic heterocycles. The lowest BCUT2D eigenvalue weighted by molar-refractivity contribution is -0.255. The lowest BCUT2D eigenvalue weighted by atomic mass is 9.93. The Morgan fingerprint density at radius 2 is 1.88 bits per heavy atom. The highest BCUT2D eigenvalue weighted by Gasteiger charge is 2.93. The molecule has 1 heterocycles. The quantitative estimate of drug-likeness (QED) is 0.710. The largest absolute Gasteiger partial charge is 0.496 e. The van der Waals surface area contributed by atoms with Crippen LogP contribution in [0.4, 0.5) is 0 Å². The minimum absolute atomic E-state index is 0.0698. The van der Waals surface area contributed by atoms with E-state index in [-0.39, 0.29) is 19.0 Å². The zero-order chi connectivity index (χ0) is 19.2. The first kappa shape index (κ1) is 18.7. The summed E-state index contributed by atoms with van der Waals surface area (Å²) in [7, 11) is 1.57. The smallest absolute Gasteiger partial charge is 0.293 e. The number of benzene rings is 1. The first-order chi connectivity index (χ1) is 12.4. The van der Waals surface area contributed by atoms with Crippen molar-refractivity contribution in [3.05, 3.63) is 28.2 Å². The summed E-state index contributed by atoms with van der Waals surface area (Å²) in [4.78, 5) is 4.32. The third kappa shape index (κ3) is 1.95. The number of aliphatic imine (C=N–C) groups is 1. The number of halogens is 1. The van der Waals surface area contributed by atoms with Crippen molar-refractivity contribution < 1.29 is 14.2 Å². The molecule has 7 nitrogen and oxygen atoms in total. The molecule has 0 bridgehead atoms. The number of nitrogens with two attached hydrogens (primary N) is 1. The predicted molar refractivity (Wildman–Crippen MR) is 97.1 cm³/mol. The molecule has 0 amide bonds. The standard InChI is InChI=1S/C18H19BrN4O3/c1-4-25-18(26-5-2)17(10-21)14(16(17,9-20)15(22)23-18)11-6-7-13(24-3)12(19)8-11/h6-8,14H,4-5H2,1-3H3,(H2,22,23). The van der Waals surface area contributed by atoms with Gasteiger partial charge in [-0.25, -0.2) is 4.99 Å². The number of nitrogens with zero attached hydrogens (tertiary/aromatic N) is 3. The first-order valence-electron chi connectivity index (χ1n) is 8.24. The van der Waals surface area contributed by atoms with Gasteiger partial charge in [-0.2, -0.15) is 10.5 Å². The fraction of sp³-hybridized carbons (Fsp3) is 0.500. The molecule has 1 fully saturated rings. The summed E-state index contributed by atoms with van der Waals surface area (Å²) < 4.78 is 17.6. The molecule has 136 valence electrons. The average molecular weight is 419 g/mol. The number of hydrogen-bond donors (Lipinski definition) is 1. The van der Waals surface area contributed by atoms with Gasteiger partial charge in [0.05, 0.1) is 23.7 Å². The van der Waals surface area contributed by atoms with Crippen LogP contribution < -0.4 is 10.5 Å². The molecule has 1 saturated carbocycles. The van der Waals surface area contributed by atoms with E-state index in [9.17, 15) is 10.5 Å². The molecule has 26 heavy (non-hydrogen) atoms. The molecular formula is C18H19BrN4O3. The molecule has 2 N–H and O–H groups in total. The van der Waals surface area contributed by atoms with Gasteiger partial charge in [0.15, 0.2) is 5.41 Å². The van der Waals surface area contributed by atoms with E-state index >= 15 is 0 Å². The monoisotopic (exact) mass is 418 g/mol. The molecule has 3 rings (SSSR count). The molecule has 3 unspecified atom stereocenters. The van der Waals surface area contributed by atoms with Gasteiger partial charge in [0.25, 0.3) is 5.91 Å². The van der Waals surface area contributed by atoms with Crippen LogP contribution in [0.15, 0.2) is 27.7 Å². The summed E-state index contributed by atoms with van der Waals surface area (Å²) >= 11 is 3.45. The number of hydrogen-bond acceptors (Lipinski definition) is 7. The molecule has 0 saturated heterocycles. The number of fused-ring (bicyclic) bond motifs is 1. The molecule has 1 aromatic rings. The zero-order valence-corrected chi connectivity index (χ0v) is 16.3. The lowest BCUT2D eigenvalue weighted by Crippen LogP contribution is -2.43. The van der Waals surface area contributed by atoms with E-state index in [1.54, 1.807) is 27.0 Å². The number of rotatable bonds is 6. The van der Waals surface area contributed by atoms with Crippen molar-refractivity contribution >= 4 is 21.8 Å². The molecule has 8 heteroatoms. The van der Waals surface area contributed by atoms with Gasteiger partial charge in [-0.05, 0) is 47.5 Å². The Balaban J connectivity index is 2.20. The van der Waals surface area contributed by atoms with Crippen molar-refractivity contribution in [3.8, 4) is 17.9 Å². The van der Waals surface area contributed by atoms with Gasteiger partial charge in [-0.3, -0.25) is 0 Å². The second kappa shape index (κ2) is 6.24. The Hall–Kier alpha value is -2.13. The second-order valence-corrected chi connectivity index (χ2v) is 6.97. The molecular weight excluding hydrogens is 400 g/mol. The number of nitriles is 2. The maximum absolute atomic E-state index is 10.1. The molecule has 1 aromatic carbocycles. The summed E-state index contributed by atoms with van der Waals surface area (Å²) in [6, 6.07) is 9.95. The van der Waals surface area contributed by atoms with Gasteiger partial charge in [0, 0.05) is 19.1 Å². The van der Waals surface area contributed by atoms with Gasteiger partial charge >= 0.3 is 0 Å². The van der Waals surface area contributed by atoms with E-state index in [1.165, 1.54) is 0 Å². The van der Waals surface area contributed by atoms with Crippen LogP contribution in [0.25, 0.3) is 0 Å². The number of ether oxygens (including phenoxy) is 3. The van der Waals surface area contributed by atoms with Crippen LogP contribution in [0.1, 0.15) is 25.3 Å². The van der Waals surface area contributed by atoms with Crippen LogP contribution in [0.2, 0.25) is 0 Å². The molecule has 0 aromatic heterocycles. The molecule has 0 radical (unpaired) electrons. The van der Waals surface area contributed by atoms with E-state index in [0.29, 0.717) is 5.75 Å². The molecule has 3 atom stereocenters. The van der Waals surface area contributed by atoms with E-state index in [1.807, 2.05) is 12.1 Å². The summed E-state index contributed by atoms with van der Waals surface area (Å²) in [6.07, 6.45) is 0. The van der Waals surface area contributed by atoms with Crippen molar-refractivity contribution in [2.45, 2.75) is 25.7 Å². The summed E-state index contributed by atoms with van der Waals surface area (Å²) in [5, 5.41) is 20.1. The van der Waals surface area contributed by atoms with Crippen LogP contribution >= 0.6 is 15.9 Å². The maximum Gasteiger partial charge on any atom is 0.293 e. The first-order valence-corrected chi connectivity index (χ1v) is 9.03. The Labute approximate surface area is 160 Å². The average Bonchev–Trinajstić information content (AvgIpc) is 3.21. The second-order valence-electron chi connectivity index (χ2n) is 6.11. The van der Waals surface area contributed by atoms with Gasteiger partial charge in [0.2, 0.25) is 0 Å². The fourth-order valence-corrected chi connectivity index (χ4v) is 4.67. The lowest BCUT2D eigenvalue weighted by Gasteiger charge is -2.31. The highest BCUT2D eigenvalue weighted by molar-refractivity contribution is 9.10. The summed E-state index contributed by atoms with van der Waals surface area (Å²) in [5.74, 6) is -1.40. The van der Waals surface area contributed by atoms with E-state index < -0.39 is 22.7 Å². The maximum atomic E-state index is 10.1. The van der Waals surface area contributed by atoms with Crippen molar-refractivity contribution in [2.75, 3.05) is 20.3 Å². The third-order valence-electron chi connectivity index (χ3n) is 5.12. The Bertz CT molecular complexity index is 853. The highest BCUT2D eigenvalue weighted by Crippen LogP contribution is 2.82. The molecule has 1 aliphatic carbocycles. The van der Waals surface area contributed by atoms with E-state index in [2.05, 4.69) is 33.1 Å². The van der Waals surface area contributed by atoms with Crippen molar-refractivity contribution in [2.24, 2.45) is 21.6 Å².